The lowest BCUT2D eigenvalue weighted by atomic mass is 10.1. The van der Waals surface area contributed by atoms with Gasteiger partial charge in [-0.3, -0.25) is 9.69 Å². The van der Waals surface area contributed by atoms with E-state index in [1.54, 1.807) is 12.1 Å². The zero-order valence-corrected chi connectivity index (χ0v) is 17.5. The third kappa shape index (κ3) is 6.93. The lowest BCUT2D eigenvalue weighted by Crippen LogP contribution is -2.33. The highest BCUT2D eigenvalue weighted by Gasteiger charge is 2.16. The number of benzene rings is 3. The number of hydrogen-bond donors (Lipinski definition) is 3. The predicted molar refractivity (Wildman–Crippen MR) is 123 cm³/mol. The van der Waals surface area contributed by atoms with E-state index < -0.39 is 6.10 Å². The van der Waals surface area contributed by atoms with E-state index >= 15 is 0 Å². The first kappa shape index (κ1) is 22.5. The molecule has 0 radical (unpaired) electrons. The van der Waals surface area contributed by atoms with Crippen LogP contribution in [0.25, 0.3) is 0 Å². The fourth-order valence-electron chi connectivity index (χ4n) is 3.40. The number of ether oxygens (including phenoxy) is 1. The van der Waals surface area contributed by atoms with Crippen LogP contribution in [-0.4, -0.2) is 36.1 Å². The van der Waals surface area contributed by atoms with Crippen molar-refractivity contribution in [3.05, 3.63) is 95.6 Å². The maximum Gasteiger partial charge on any atom is 0.211 e. The Morgan fingerprint density at radius 2 is 1.68 bits per heavy atom. The van der Waals surface area contributed by atoms with Gasteiger partial charge in [-0.25, -0.2) is 0 Å². The molecule has 0 bridgehead atoms. The summed E-state index contributed by atoms with van der Waals surface area (Å²) in [6.07, 6.45) is -0.123. The molecule has 0 spiro atoms. The molecular formula is C25H29N3O3. The molecule has 3 aromatic carbocycles. The number of carbonyl (C=O) groups is 1. The van der Waals surface area contributed by atoms with E-state index in [0.717, 1.165) is 11.1 Å². The highest BCUT2D eigenvalue weighted by molar-refractivity contribution is 5.75. The molecule has 0 saturated carbocycles. The molecule has 0 aliphatic heterocycles. The first-order chi connectivity index (χ1) is 15.2. The summed E-state index contributed by atoms with van der Waals surface area (Å²) < 4.78 is 5.88. The molecule has 162 valence electrons. The Kier molecular flexibility index (Phi) is 8.60. The maximum absolute atomic E-state index is 11.1. The number of aliphatic hydroxyl groups is 1. The molecule has 1 amide bonds. The van der Waals surface area contributed by atoms with Crippen LogP contribution in [0.3, 0.4) is 0 Å². The summed E-state index contributed by atoms with van der Waals surface area (Å²) in [5.74, 6) is 0.551. The minimum absolute atomic E-state index is 0.387. The van der Waals surface area contributed by atoms with Gasteiger partial charge in [-0.15, -0.1) is 0 Å². The fraction of sp³-hybridized carbons (Fsp3) is 0.240. The van der Waals surface area contributed by atoms with Crippen LogP contribution < -0.4 is 15.8 Å². The van der Waals surface area contributed by atoms with E-state index in [1.165, 1.54) is 0 Å². The van der Waals surface area contributed by atoms with Gasteiger partial charge >= 0.3 is 0 Å². The minimum Gasteiger partial charge on any atom is -0.487 e. The average molecular weight is 420 g/mol. The SMILES string of the molecule is NCCN(Cc1ccccc1)CC(O)c1ccc(OCc2ccccc2)c(NC=O)c1. The number of anilines is 1. The highest BCUT2D eigenvalue weighted by atomic mass is 16.5. The van der Waals surface area contributed by atoms with Crippen molar-refractivity contribution < 1.29 is 14.6 Å². The van der Waals surface area contributed by atoms with Gasteiger partial charge in [0.25, 0.3) is 0 Å². The summed E-state index contributed by atoms with van der Waals surface area (Å²) in [4.78, 5) is 13.2. The molecule has 3 rings (SSSR count). The second kappa shape index (κ2) is 11.9. The fourth-order valence-corrected chi connectivity index (χ4v) is 3.40. The summed E-state index contributed by atoms with van der Waals surface area (Å²) in [5, 5.41) is 13.5. The maximum atomic E-state index is 11.1. The van der Waals surface area contributed by atoms with Gasteiger partial charge in [0.05, 0.1) is 11.8 Å². The quantitative estimate of drug-likeness (QED) is 0.392. The number of aliphatic hydroxyl groups excluding tert-OH is 1. The van der Waals surface area contributed by atoms with Crippen LogP contribution in [0.1, 0.15) is 22.8 Å². The van der Waals surface area contributed by atoms with Gasteiger partial charge in [-0.2, -0.15) is 0 Å². The Hall–Kier alpha value is -3.19. The monoisotopic (exact) mass is 419 g/mol. The lowest BCUT2D eigenvalue weighted by Gasteiger charge is -2.25. The first-order valence-corrected chi connectivity index (χ1v) is 10.3. The molecular weight excluding hydrogens is 390 g/mol. The zero-order chi connectivity index (χ0) is 21.9. The highest BCUT2D eigenvalue weighted by Crippen LogP contribution is 2.29. The number of rotatable bonds is 12. The number of nitrogens with zero attached hydrogens (tertiary/aromatic N) is 1. The van der Waals surface area contributed by atoms with Crippen molar-refractivity contribution in [3.8, 4) is 5.75 Å². The molecule has 0 heterocycles. The van der Waals surface area contributed by atoms with E-state index in [0.29, 0.717) is 56.2 Å². The van der Waals surface area contributed by atoms with Crippen LogP contribution in [0, 0.1) is 0 Å². The first-order valence-electron chi connectivity index (χ1n) is 10.3. The Morgan fingerprint density at radius 1 is 1.00 bits per heavy atom. The minimum atomic E-state index is -0.731. The van der Waals surface area contributed by atoms with Crippen LogP contribution in [0.2, 0.25) is 0 Å². The molecule has 6 nitrogen and oxygen atoms in total. The molecule has 0 aromatic heterocycles. The van der Waals surface area contributed by atoms with Crippen LogP contribution in [-0.2, 0) is 17.9 Å². The molecule has 1 atom stereocenters. The van der Waals surface area contributed by atoms with E-state index in [1.807, 2.05) is 54.6 Å². The average Bonchev–Trinajstić information content (AvgIpc) is 2.80. The zero-order valence-electron chi connectivity index (χ0n) is 17.5. The molecule has 3 aromatic rings. The summed E-state index contributed by atoms with van der Waals surface area (Å²) in [6.45, 7) is 2.69. The molecule has 0 aliphatic carbocycles. The Bertz CT molecular complexity index is 935. The third-order valence-electron chi connectivity index (χ3n) is 4.97. The van der Waals surface area contributed by atoms with Crippen molar-refractivity contribution >= 4 is 12.1 Å². The van der Waals surface area contributed by atoms with Gasteiger partial charge in [0.15, 0.2) is 0 Å². The molecule has 0 fully saturated rings. The van der Waals surface area contributed by atoms with E-state index in [2.05, 4.69) is 22.3 Å². The molecule has 0 aliphatic rings. The Labute approximate surface area is 183 Å². The normalized spacial score (nSPS) is 11.8. The van der Waals surface area contributed by atoms with Gasteiger partial charge in [-0.05, 0) is 28.8 Å². The smallest absolute Gasteiger partial charge is 0.211 e. The standard InChI is InChI=1S/C25H29N3O3/c26-13-14-28(16-20-7-3-1-4-8-20)17-24(30)22-11-12-25(23(15-22)27-19-29)31-18-21-9-5-2-6-10-21/h1-12,15,19,24,30H,13-14,16-18,26H2,(H,27,29). The summed E-state index contributed by atoms with van der Waals surface area (Å²) in [6, 6.07) is 25.2. The van der Waals surface area contributed by atoms with Crippen molar-refractivity contribution in [2.75, 3.05) is 25.0 Å². The van der Waals surface area contributed by atoms with Crippen molar-refractivity contribution in [2.24, 2.45) is 5.73 Å². The van der Waals surface area contributed by atoms with Crippen molar-refractivity contribution in [1.82, 2.24) is 4.90 Å². The van der Waals surface area contributed by atoms with Gasteiger partial charge < -0.3 is 20.9 Å². The van der Waals surface area contributed by atoms with Gasteiger partial charge in [-0.1, -0.05) is 66.7 Å². The van der Waals surface area contributed by atoms with Crippen LogP contribution in [0.15, 0.2) is 78.9 Å². The molecule has 0 saturated heterocycles. The van der Waals surface area contributed by atoms with Crippen molar-refractivity contribution in [2.45, 2.75) is 19.3 Å². The summed E-state index contributed by atoms with van der Waals surface area (Å²) in [7, 11) is 0. The van der Waals surface area contributed by atoms with Crippen LogP contribution >= 0.6 is 0 Å². The van der Waals surface area contributed by atoms with Crippen molar-refractivity contribution in [3.63, 3.8) is 0 Å². The summed E-state index contributed by atoms with van der Waals surface area (Å²) in [5.41, 5.74) is 9.19. The molecule has 1 unspecified atom stereocenters. The van der Waals surface area contributed by atoms with E-state index in [9.17, 15) is 9.90 Å². The third-order valence-corrected chi connectivity index (χ3v) is 4.97. The lowest BCUT2D eigenvalue weighted by molar-refractivity contribution is -0.105. The number of nitrogens with one attached hydrogen (secondary N) is 1. The van der Waals surface area contributed by atoms with E-state index in [4.69, 9.17) is 10.5 Å². The van der Waals surface area contributed by atoms with Crippen molar-refractivity contribution in [1.29, 1.82) is 0 Å². The number of nitrogens with two attached hydrogens (primary N) is 1. The van der Waals surface area contributed by atoms with Crippen LogP contribution in [0.5, 0.6) is 5.75 Å². The Morgan fingerprint density at radius 3 is 2.32 bits per heavy atom. The largest absolute Gasteiger partial charge is 0.487 e. The van der Waals surface area contributed by atoms with Gasteiger partial charge in [0.2, 0.25) is 6.41 Å². The van der Waals surface area contributed by atoms with E-state index in [-0.39, 0.29) is 0 Å². The Balaban J connectivity index is 1.69. The number of carbonyl (C=O) groups excluding carboxylic acids is 1. The molecule has 4 N–H and O–H groups in total. The number of hydrogen-bond acceptors (Lipinski definition) is 5. The summed E-state index contributed by atoms with van der Waals surface area (Å²) >= 11 is 0. The van der Waals surface area contributed by atoms with Crippen LogP contribution in [0.4, 0.5) is 5.69 Å². The number of amides is 1. The second-order valence-electron chi connectivity index (χ2n) is 7.32. The van der Waals surface area contributed by atoms with Gasteiger partial charge in [0, 0.05) is 26.2 Å². The predicted octanol–water partition coefficient (Wildman–Crippen LogP) is 3.33. The topological polar surface area (TPSA) is 87.8 Å². The molecule has 31 heavy (non-hydrogen) atoms. The molecule has 6 heteroatoms. The second-order valence-corrected chi connectivity index (χ2v) is 7.32. The van der Waals surface area contributed by atoms with Gasteiger partial charge in [0.1, 0.15) is 12.4 Å².